The van der Waals surface area contributed by atoms with E-state index in [-0.39, 0.29) is 24.1 Å². The van der Waals surface area contributed by atoms with Crippen molar-refractivity contribution < 1.29 is 19.1 Å². The minimum atomic E-state index is -0.496. The second-order valence-electron chi connectivity index (χ2n) is 7.42. The van der Waals surface area contributed by atoms with E-state index in [9.17, 15) is 14.4 Å². The van der Waals surface area contributed by atoms with Gasteiger partial charge in [0.1, 0.15) is 4.88 Å². The topological polar surface area (TPSA) is 115 Å². The van der Waals surface area contributed by atoms with Crippen LogP contribution in [0.15, 0.2) is 73.3 Å². The lowest BCUT2D eigenvalue weighted by Crippen LogP contribution is -2.15. The molecule has 2 aromatic carbocycles. The van der Waals surface area contributed by atoms with Crippen molar-refractivity contribution in [2.75, 3.05) is 17.2 Å². The molecule has 0 saturated heterocycles. The third-order valence-corrected chi connectivity index (χ3v) is 5.87. The summed E-state index contributed by atoms with van der Waals surface area (Å²) in [5, 5.41) is 5.82. The molecular weight excluding hydrogens is 466 g/mol. The molecule has 4 aromatic rings. The molecule has 2 aromatic heterocycles. The molecule has 0 bridgehead atoms. The highest BCUT2D eigenvalue weighted by Gasteiger charge is 2.22. The average Bonchev–Trinajstić information content (AvgIpc) is 3.54. The zero-order valence-corrected chi connectivity index (χ0v) is 19.7. The number of nitrogens with zero attached hydrogens (tertiary/aromatic N) is 3. The number of rotatable bonds is 9. The molecule has 0 aliphatic heterocycles. The Morgan fingerprint density at radius 3 is 2.63 bits per heavy atom. The van der Waals surface area contributed by atoms with Gasteiger partial charge in [0.2, 0.25) is 5.91 Å². The first-order chi connectivity index (χ1) is 17.0. The summed E-state index contributed by atoms with van der Waals surface area (Å²) in [6.07, 6.45) is 5.35. The van der Waals surface area contributed by atoms with E-state index in [0.717, 1.165) is 16.9 Å². The fraction of sp³-hybridized carbons (Fsp3) is 0.160. The normalized spacial score (nSPS) is 10.5. The Kier molecular flexibility index (Phi) is 7.63. The molecule has 0 aliphatic carbocycles. The highest BCUT2D eigenvalue weighted by atomic mass is 32.1. The minimum absolute atomic E-state index is 0.178. The first-order valence-electron chi connectivity index (χ1n) is 10.9. The van der Waals surface area contributed by atoms with Gasteiger partial charge in [-0.1, -0.05) is 47.7 Å². The molecule has 178 valence electrons. The lowest BCUT2D eigenvalue weighted by molar-refractivity contribution is -0.116. The van der Waals surface area contributed by atoms with Gasteiger partial charge in [0.15, 0.2) is 5.13 Å². The fourth-order valence-corrected chi connectivity index (χ4v) is 4.16. The van der Waals surface area contributed by atoms with Gasteiger partial charge >= 0.3 is 5.97 Å². The van der Waals surface area contributed by atoms with E-state index < -0.39 is 11.9 Å². The van der Waals surface area contributed by atoms with Gasteiger partial charge in [0.05, 0.1) is 18.6 Å². The summed E-state index contributed by atoms with van der Waals surface area (Å²) in [5.74, 6) is -1.09. The molecule has 2 N–H and O–H groups in total. The van der Waals surface area contributed by atoms with Gasteiger partial charge in [0.25, 0.3) is 5.91 Å². The van der Waals surface area contributed by atoms with E-state index in [1.165, 1.54) is 0 Å². The van der Waals surface area contributed by atoms with Gasteiger partial charge in [0, 0.05) is 42.2 Å². The predicted octanol–water partition coefficient (Wildman–Crippen LogP) is 4.46. The molecule has 0 unspecified atom stereocenters. The molecule has 10 heteroatoms. The summed E-state index contributed by atoms with van der Waals surface area (Å²) >= 11 is 1.05. The number of aromatic nitrogens is 3. The quantitative estimate of drug-likeness (QED) is 0.335. The highest BCUT2D eigenvalue weighted by Crippen LogP contribution is 2.32. The van der Waals surface area contributed by atoms with Gasteiger partial charge < -0.3 is 14.6 Å². The van der Waals surface area contributed by atoms with Crippen LogP contribution in [-0.2, 0) is 16.1 Å². The molecule has 9 nitrogen and oxygen atoms in total. The number of hydrogen-bond donors (Lipinski definition) is 2. The number of hydrogen-bond acceptors (Lipinski definition) is 7. The van der Waals surface area contributed by atoms with Crippen LogP contribution in [0.5, 0.6) is 0 Å². The smallest absolute Gasteiger partial charge is 0.350 e. The zero-order chi connectivity index (χ0) is 24.6. The summed E-state index contributed by atoms with van der Waals surface area (Å²) in [4.78, 5) is 46.4. The number of aryl methyl sites for hydroxylation is 1. The maximum absolute atomic E-state index is 12.9. The number of anilines is 2. The van der Waals surface area contributed by atoms with Crippen molar-refractivity contribution in [1.29, 1.82) is 0 Å². The Balaban J connectivity index is 1.46. The first-order valence-corrected chi connectivity index (χ1v) is 11.8. The van der Waals surface area contributed by atoms with Gasteiger partial charge in [-0.25, -0.2) is 14.8 Å². The van der Waals surface area contributed by atoms with Crippen LogP contribution >= 0.6 is 11.3 Å². The summed E-state index contributed by atoms with van der Waals surface area (Å²) in [6, 6.07) is 15.8. The lowest BCUT2D eigenvalue weighted by Gasteiger charge is -2.08. The molecule has 0 spiro atoms. The summed E-state index contributed by atoms with van der Waals surface area (Å²) < 4.78 is 6.97. The molecule has 4 rings (SSSR count). The molecule has 0 fully saturated rings. The summed E-state index contributed by atoms with van der Waals surface area (Å²) in [7, 11) is 0. The number of carbonyl (C=O) groups is 3. The third kappa shape index (κ3) is 6.18. The Morgan fingerprint density at radius 1 is 1.06 bits per heavy atom. The van der Waals surface area contributed by atoms with Crippen LogP contribution in [0.3, 0.4) is 0 Å². The van der Waals surface area contributed by atoms with Crippen molar-refractivity contribution in [2.45, 2.75) is 19.9 Å². The number of benzene rings is 2. The number of ether oxygens (including phenoxy) is 1. The second-order valence-corrected chi connectivity index (χ2v) is 8.42. The standard InChI is InChI=1S/C25H23N5O4S/c1-2-34-24(33)22-21(17-7-4-3-5-8-17)28-25(35-22)29-23(32)18-9-6-10-19(15-18)27-20(31)11-13-30-14-12-26-16-30/h3-10,12,14-16H,2,11,13H2,1H3,(H,27,31)(H,28,29,32). The van der Waals surface area contributed by atoms with Crippen molar-refractivity contribution in [2.24, 2.45) is 0 Å². The molecular formula is C25H23N5O4S. The third-order valence-electron chi connectivity index (χ3n) is 4.92. The largest absolute Gasteiger partial charge is 0.462 e. The number of esters is 1. The van der Waals surface area contributed by atoms with Crippen molar-refractivity contribution in [3.63, 3.8) is 0 Å². The van der Waals surface area contributed by atoms with Gasteiger partial charge in [-0.2, -0.15) is 0 Å². The van der Waals surface area contributed by atoms with Gasteiger partial charge in [-0.3, -0.25) is 14.9 Å². The van der Waals surface area contributed by atoms with E-state index in [1.54, 1.807) is 49.9 Å². The number of thiazole rings is 1. The van der Waals surface area contributed by atoms with Crippen LogP contribution in [0.2, 0.25) is 0 Å². The predicted molar refractivity (Wildman–Crippen MR) is 133 cm³/mol. The monoisotopic (exact) mass is 489 g/mol. The van der Waals surface area contributed by atoms with E-state index in [0.29, 0.717) is 28.4 Å². The fourth-order valence-electron chi connectivity index (χ4n) is 3.28. The average molecular weight is 490 g/mol. The van der Waals surface area contributed by atoms with E-state index in [1.807, 2.05) is 34.9 Å². The highest BCUT2D eigenvalue weighted by molar-refractivity contribution is 7.18. The van der Waals surface area contributed by atoms with Crippen LogP contribution < -0.4 is 10.6 Å². The number of amides is 2. The zero-order valence-electron chi connectivity index (χ0n) is 18.9. The Bertz CT molecular complexity index is 1320. The van der Waals surface area contributed by atoms with E-state index in [4.69, 9.17) is 4.74 Å². The molecule has 35 heavy (non-hydrogen) atoms. The Hall–Kier alpha value is -4.31. The van der Waals surface area contributed by atoms with Crippen molar-refractivity contribution in [3.05, 3.63) is 83.8 Å². The van der Waals surface area contributed by atoms with E-state index in [2.05, 4.69) is 20.6 Å². The first kappa shape index (κ1) is 23.8. The maximum Gasteiger partial charge on any atom is 0.350 e. The van der Waals surface area contributed by atoms with Crippen LogP contribution in [-0.4, -0.2) is 38.9 Å². The van der Waals surface area contributed by atoms with Crippen LogP contribution in [0, 0.1) is 0 Å². The summed E-state index contributed by atoms with van der Waals surface area (Å²) in [5.41, 5.74) is 2.03. The molecule has 0 radical (unpaired) electrons. The molecule has 0 atom stereocenters. The molecule has 2 heterocycles. The number of imidazole rings is 1. The molecule has 0 aliphatic rings. The maximum atomic E-state index is 12.9. The van der Waals surface area contributed by atoms with Crippen molar-refractivity contribution in [1.82, 2.24) is 14.5 Å². The summed E-state index contributed by atoms with van der Waals surface area (Å²) in [6.45, 7) is 2.46. The van der Waals surface area contributed by atoms with Crippen LogP contribution in [0.4, 0.5) is 10.8 Å². The lowest BCUT2D eigenvalue weighted by atomic mass is 10.1. The van der Waals surface area contributed by atoms with Gasteiger partial charge in [-0.15, -0.1) is 0 Å². The molecule has 2 amide bonds. The minimum Gasteiger partial charge on any atom is -0.462 e. The van der Waals surface area contributed by atoms with Crippen molar-refractivity contribution >= 4 is 39.9 Å². The SMILES string of the molecule is CCOC(=O)c1sc(NC(=O)c2cccc(NC(=O)CCn3ccnc3)c2)nc1-c1ccccc1. The van der Waals surface area contributed by atoms with E-state index >= 15 is 0 Å². The van der Waals surface area contributed by atoms with Crippen LogP contribution in [0.1, 0.15) is 33.4 Å². The molecule has 0 saturated carbocycles. The van der Waals surface area contributed by atoms with Gasteiger partial charge in [-0.05, 0) is 25.1 Å². The number of nitrogens with one attached hydrogen (secondary N) is 2. The second kappa shape index (κ2) is 11.2. The number of carbonyl (C=O) groups excluding carboxylic acids is 3. The van der Waals surface area contributed by atoms with Crippen molar-refractivity contribution in [3.8, 4) is 11.3 Å². The Labute approximate surface area is 205 Å². The van der Waals surface area contributed by atoms with Crippen LogP contribution in [0.25, 0.3) is 11.3 Å². The Morgan fingerprint density at radius 2 is 1.89 bits per heavy atom.